The molecule has 1 atom stereocenters. The molecule has 0 amide bonds. The van der Waals surface area contributed by atoms with Gasteiger partial charge >= 0.3 is 0 Å². The minimum absolute atomic E-state index is 0.276. The molecule has 0 spiro atoms. The second kappa shape index (κ2) is 6.55. The predicted molar refractivity (Wildman–Crippen MR) is 101 cm³/mol. The fourth-order valence-electron chi connectivity index (χ4n) is 3.39. The number of nitrogens with zero attached hydrogens (tertiary/aromatic N) is 2. The minimum Gasteiger partial charge on any atom is -0.314 e. The minimum atomic E-state index is -3.70. The fraction of sp³-hybridized carbons (Fsp3) is 0.278. The average Bonchev–Trinajstić information content (AvgIpc) is 3.23. The van der Waals surface area contributed by atoms with Gasteiger partial charge in [0.05, 0.1) is 4.90 Å². The Morgan fingerprint density at radius 2 is 2.04 bits per heavy atom. The molecule has 25 heavy (non-hydrogen) atoms. The third-order valence-electron chi connectivity index (χ3n) is 4.54. The molecule has 2 aromatic heterocycles. The van der Waals surface area contributed by atoms with E-state index in [9.17, 15) is 8.42 Å². The molecule has 3 aromatic rings. The van der Waals surface area contributed by atoms with Gasteiger partial charge in [0.1, 0.15) is 0 Å². The van der Waals surface area contributed by atoms with Crippen LogP contribution in [0.3, 0.4) is 0 Å². The topological polar surface area (TPSA) is 64.0 Å². The van der Waals surface area contributed by atoms with Crippen LogP contribution in [0.1, 0.15) is 18.5 Å². The highest BCUT2D eigenvalue weighted by atomic mass is 79.9. The van der Waals surface area contributed by atoms with Crippen LogP contribution in [0.25, 0.3) is 11.0 Å². The van der Waals surface area contributed by atoms with E-state index in [1.54, 1.807) is 30.5 Å². The van der Waals surface area contributed by atoms with E-state index in [1.807, 2.05) is 18.2 Å². The van der Waals surface area contributed by atoms with Crippen molar-refractivity contribution in [1.82, 2.24) is 14.3 Å². The van der Waals surface area contributed by atoms with E-state index in [0.717, 1.165) is 34.9 Å². The number of halogens is 1. The van der Waals surface area contributed by atoms with Crippen molar-refractivity contribution in [1.29, 1.82) is 0 Å². The normalized spacial score (nSPS) is 18.0. The molecular weight excluding hydrogens is 402 g/mol. The largest absolute Gasteiger partial charge is 0.314 e. The summed E-state index contributed by atoms with van der Waals surface area (Å²) in [7, 11) is -3.70. The Labute approximate surface area is 155 Å². The van der Waals surface area contributed by atoms with Crippen molar-refractivity contribution in [3.63, 3.8) is 0 Å². The van der Waals surface area contributed by atoms with Crippen LogP contribution in [-0.4, -0.2) is 30.0 Å². The van der Waals surface area contributed by atoms with Crippen LogP contribution in [-0.2, 0) is 16.4 Å². The van der Waals surface area contributed by atoms with Crippen molar-refractivity contribution in [3.8, 4) is 0 Å². The molecule has 1 N–H and O–H groups in total. The number of aromatic nitrogens is 2. The van der Waals surface area contributed by atoms with Gasteiger partial charge < -0.3 is 5.32 Å². The van der Waals surface area contributed by atoms with Gasteiger partial charge in [-0.15, -0.1) is 0 Å². The maximum atomic E-state index is 13.3. The van der Waals surface area contributed by atoms with Gasteiger partial charge in [0.2, 0.25) is 0 Å². The summed E-state index contributed by atoms with van der Waals surface area (Å²) in [6.07, 6.45) is 4.49. The van der Waals surface area contributed by atoms with Crippen LogP contribution in [0.5, 0.6) is 0 Å². The predicted octanol–water partition coefficient (Wildman–Crippen LogP) is 3.33. The van der Waals surface area contributed by atoms with Crippen molar-refractivity contribution in [2.45, 2.75) is 30.2 Å². The quantitative estimate of drug-likeness (QED) is 0.704. The molecule has 1 unspecified atom stereocenters. The first-order chi connectivity index (χ1) is 12.1. The summed E-state index contributed by atoms with van der Waals surface area (Å²) < 4.78 is 28.8. The van der Waals surface area contributed by atoms with Crippen molar-refractivity contribution in [3.05, 3.63) is 58.8 Å². The van der Waals surface area contributed by atoms with E-state index >= 15 is 0 Å². The molecule has 0 bridgehead atoms. The molecule has 5 nitrogen and oxygen atoms in total. The first-order valence-electron chi connectivity index (χ1n) is 8.25. The van der Waals surface area contributed by atoms with Gasteiger partial charge in [-0.1, -0.05) is 18.2 Å². The lowest BCUT2D eigenvalue weighted by Gasteiger charge is -2.14. The molecule has 1 aromatic carbocycles. The number of pyridine rings is 1. The number of hydrogen-bond acceptors (Lipinski definition) is 4. The van der Waals surface area contributed by atoms with Crippen LogP contribution >= 0.6 is 15.9 Å². The zero-order valence-electron chi connectivity index (χ0n) is 13.5. The van der Waals surface area contributed by atoms with Crippen LogP contribution in [0, 0.1) is 0 Å². The monoisotopic (exact) mass is 419 g/mol. The van der Waals surface area contributed by atoms with Gasteiger partial charge in [0, 0.05) is 34.2 Å². The summed E-state index contributed by atoms with van der Waals surface area (Å²) in [5.74, 6) is 0. The molecule has 0 aliphatic carbocycles. The third-order valence-corrected chi connectivity index (χ3v) is 6.73. The van der Waals surface area contributed by atoms with E-state index < -0.39 is 10.0 Å². The highest BCUT2D eigenvalue weighted by molar-refractivity contribution is 9.10. The summed E-state index contributed by atoms with van der Waals surface area (Å²) in [5, 5.41) is 4.26. The summed E-state index contributed by atoms with van der Waals surface area (Å²) in [5.41, 5.74) is 1.24. The second-order valence-corrected chi connectivity index (χ2v) is 8.98. The molecule has 1 aliphatic heterocycles. The lowest BCUT2D eigenvalue weighted by Crippen LogP contribution is -2.26. The number of nitrogens with one attached hydrogen (secondary N) is 1. The molecule has 4 rings (SSSR count). The van der Waals surface area contributed by atoms with E-state index in [1.165, 1.54) is 3.97 Å². The Kier molecular flexibility index (Phi) is 4.39. The zero-order chi connectivity index (χ0) is 17.4. The van der Waals surface area contributed by atoms with Crippen LogP contribution < -0.4 is 5.32 Å². The maximum Gasteiger partial charge on any atom is 0.269 e. The summed E-state index contributed by atoms with van der Waals surface area (Å²) in [4.78, 5) is 4.66. The Morgan fingerprint density at radius 3 is 2.76 bits per heavy atom. The summed E-state index contributed by atoms with van der Waals surface area (Å²) in [6.45, 7) is 0.986. The molecule has 3 heterocycles. The zero-order valence-corrected chi connectivity index (χ0v) is 15.9. The highest BCUT2D eigenvalue weighted by Crippen LogP contribution is 2.28. The number of hydrogen-bond donors (Lipinski definition) is 1. The number of rotatable bonds is 4. The van der Waals surface area contributed by atoms with E-state index in [2.05, 4.69) is 26.2 Å². The third kappa shape index (κ3) is 3.12. The SMILES string of the molecule is O=S(=O)(c1ccccc1)n1c(CC2CCCN2)cc2cc(Br)cnc21. The smallest absolute Gasteiger partial charge is 0.269 e. The first-order valence-corrected chi connectivity index (χ1v) is 10.5. The lowest BCUT2D eigenvalue weighted by atomic mass is 10.1. The Morgan fingerprint density at radius 1 is 1.24 bits per heavy atom. The van der Waals surface area contributed by atoms with Crippen LogP contribution in [0.15, 0.2) is 58.0 Å². The molecule has 1 aliphatic rings. The second-order valence-electron chi connectivity index (χ2n) is 6.28. The van der Waals surface area contributed by atoms with Gasteiger partial charge in [-0.2, -0.15) is 0 Å². The summed E-state index contributed by atoms with van der Waals surface area (Å²) in [6, 6.07) is 12.7. The number of fused-ring (bicyclic) bond motifs is 1. The molecular formula is C18H18BrN3O2S. The Hall–Kier alpha value is -1.70. The van der Waals surface area contributed by atoms with Crippen molar-refractivity contribution in [2.24, 2.45) is 0 Å². The molecule has 1 fully saturated rings. The highest BCUT2D eigenvalue weighted by Gasteiger charge is 2.26. The molecule has 1 saturated heterocycles. The standard InChI is InChI=1S/C18H18BrN3O2S/c19-14-9-13-10-16(11-15-5-4-8-20-15)22(18(13)21-12-14)25(23,24)17-6-2-1-3-7-17/h1-3,6-7,9-10,12,15,20H,4-5,8,11H2. The molecule has 0 saturated carbocycles. The first kappa shape index (κ1) is 16.8. The van der Waals surface area contributed by atoms with Gasteiger partial charge in [-0.3, -0.25) is 0 Å². The van der Waals surface area contributed by atoms with Crippen molar-refractivity contribution < 1.29 is 8.42 Å². The van der Waals surface area contributed by atoms with Crippen molar-refractivity contribution >= 4 is 37.0 Å². The fourth-order valence-corrected chi connectivity index (χ4v) is 5.27. The number of benzene rings is 1. The van der Waals surface area contributed by atoms with Crippen LogP contribution in [0.2, 0.25) is 0 Å². The molecule has 7 heteroatoms. The molecule has 130 valence electrons. The Bertz CT molecular complexity index is 1010. The van der Waals surface area contributed by atoms with Gasteiger partial charge in [0.25, 0.3) is 10.0 Å². The van der Waals surface area contributed by atoms with E-state index in [0.29, 0.717) is 18.1 Å². The van der Waals surface area contributed by atoms with Gasteiger partial charge in [0.15, 0.2) is 5.65 Å². The maximum absolute atomic E-state index is 13.3. The van der Waals surface area contributed by atoms with E-state index in [-0.39, 0.29) is 4.90 Å². The van der Waals surface area contributed by atoms with Gasteiger partial charge in [-0.05, 0) is 59.6 Å². The average molecular weight is 420 g/mol. The molecule has 0 radical (unpaired) electrons. The van der Waals surface area contributed by atoms with Gasteiger partial charge in [-0.25, -0.2) is 17.4 Å². The van der Waals surface area contributed by atoms with E-state index in [4.69, 9.17) is 0 Å². The Balaban J connectivity index is 1.90. The van der Waals surface area contributed by atoms with Crippen LogP contribution in [0.4, 0.5) is 0 Å². The lowest BCUT2D eigenvalue weighted by molar-refractivity contribution is 0.572. The van der Waals surface area contributed by atoms with Crippen molar-refractivity contribution in [2.75, 3.05) is 6.54 Å². The summed E-state index contributed by atoms with van der Waals surface area (Å²) >= 11 is 3.42.